The van der Waals surface area contributed by atoms with E-state index in [9.17, 15) is 31.1 Å². The van der Waals surface area contributed by atoms with Crippen molar-refractivity contribution >= 4 is 17.7 Å². The molecule has 2 aliphatic rings. The van der Waals surface area contributed by atoms with E-state index < -0.39 is 35.6 Å². The minimum absolute atomic E-state index is 0.105. The average molecular weight is 590 g/mol. The van der Waals surface area contributed by atoms with E-state index in [1.165, 1.54) is 0 Å². The Morgan fingerprint density at radius 1 is 1.05 bits per heavy atom. The number of morpholine rings is 1. The van der Waals surface area contributed by atoms with Gasteiger partial charge >= 0.3 is 18.4 Å². The van der Waals surface area contributed by atoms with Crippen LogP contribution in [0.1, 0.15) is 50.3 Å². The molecule has 3 heterocycles. The van der Waals surface area contributed by atoms with Crippen molar-refractivity contribution in [2.75, 3.05) is 42.6 Å². The predicted octanol–water partition coefficient (Wildman–Crippen LogP) is 5.76. The van der Waals surface area contributed by atoms with Crippen LogP contribution in [0.2, 0.25) is 0 Å². The lowest BCUT2D eigenvalue weighted by atomic mass is 10.0. The number of anilines is 2. The maximum Gasteiger partial charge on any atom is 0.416 e. The molecule has 0 radical (unpaired) electrons. The molecule has 0 spiro atoms. The summed E-state index contributed by atoms with van der Waals surface area (Å²) in [6.45, 7) is 7.46. The summed E-state index contributed by atoms with van der Waals surface area (Å²) in [6, 6.07) is 0.794. The molecular weight excluding hydrogens is 556 g/mol. The number of amides is 1. The number of likely N-dealkylation sites (tertiary alicyclic amines) is 1. The highest BCUT2D eigenvalue weighted by Crippen LogP contribution is 2.37. The molecule has 0 aliphatic carbocycles. The molecule has 2 fully saturated rings. The second-order valence-corrected chi connectivity index (χ2v) is 10.4. The Labute approximate surface area is 234 Å². The van der Waals surface area contributed by atoms with Gasteiger partial charge in [-0.05, 0) is 50.5 Å². The Morgan fingerprint density at radius 2 is 1.63 bits per heavy atom. The maximum atomic E-state index is 13.6. The van der Waals surface area contributed by atoms with Gasteiger partial charge in [-0.3, -0.25) is 0 Å². The van der Waals surface area contributed by atoms with Crippen molar-refractivity contribution in [1.29, 1.82) is 0 Å². The van der Waals surface area contributed by atoms with Gasteiger partial charge in [0, 0.05) is 32.2 Å². The van der Waals surface area contributed by atoms with Crippen molar-refractivity contribution in [3.8, 4) is 0 Å². The summed E-state index contributed by atoms with van der Waals surface area (Å²) in [5.41, 5.74) is -2.28. The number of ether oxygens (including phenoxy) is 2. The van der Waals surface area contributed by atoms with Gasteiger partial charge in [0.05, 0.1) is 54.6 Å². The second kappa shape index (κ2) is 12.3. The fourth-order valence-electron chi connectivity index (χ4n) is 5.12. The molecule has 2 aromatic rings. The summed E-state index contributed by atoms with van der Waals surface area (Å²) < 4.78 is 92.2. The van der Waals surface area contributed by atoms with Crippen LogP contribution in [0.15, 0.2) is 30.6 Å². The van der Waals surface area contributed by atoms with Gasteiger partial charge in [-0.1, -0.05) is 6.92 Å². The standard InChI is InChI=1S/C27H33F6N5O3/c1-4-21-12-22(16-38(21)25(39)41-17(2)3)37(24-34-13-23(14-35-24)36-5-7-40-8-6-36)15-18-9-19(26(28,29)30)11-20(10-18)27(31,32)33/h9-11,13-14,17,21-22H,4-8,12,15-16H2,1-3H3/t21-,22+/m1/s1. The number of rotatable bonds is 7. The molecule has 1 amide bonds. The lowest BCUT2D eigenvalue weighted by molar-refractivity contribution is -0.143. The van der Waals surface area contributed by atoms with Crippen molar-refractivity contribution in [2.24, 2.45) is 0 Å². The third-order valence-electron chi connectivity index (χ3n) is 7.13. The first-order chi connectivity index (χ1) is 19.3. The van der Waals surface area contributed by atoms with Gasteiger partial charge in [0.15, 0.2) is 0 Å². The van der Waals surface area contributed by atoms with Crippen LogP contribution in [0, 0.1) is 0 Å². The van der Waals surface area contributed by atoms with Gasteiger partial charge in [-0.25, -0.2) is 14.8 Å². The minimum atomic E-state index is -4.98. The number of carbonyl (C=O) groups excluding carboxylic acids is 1. The molecule has 2 saturated heterocycles. The van der Waals surface area contributed by atoms with Crippen molar-refractivity contribution in [1.82, 2.24) is 14.9 Å². The van der Waals surface area contributed by atoms with Crippen LogP contribution in [0.4, 0.5) is 42.8 Å². The second-order valence-electron chi connectivity index (χ2n) is 10.4. The summed E-state index contributed by atoms with van der Waals surface area (Å²) in [5.74, 6) is 0.131. The number of carbonyl (C=O) groups is 1. The van der Waals surface area contributed by atoms with Crippen LogP contribution in [0.25, 0.3) is 0 Å². The summed E-state index contributed by atoms with van der Waals surface area (Å²) in [4.78, 5) is 26.9. The van der Waals surface area contributed by atoms with Gasteiger partial charge in [-0.15, -0.1) is 0 Å². The topological polar surface area (TPSA) is 71.0 Å². The summed E-state index contributed by atoms with van der Waals surface area (Å²) in [5, 5.41) is 0. The van der Waals surface area contributed by atoms with Crippen LogP contribution in [-0.4, -0.2) is 72.0 Å². The third-order valence-corrected chi connectivity index (χ3v) is 7.13. The van der Waals surface area contributed by atoms with Crippen molar-refractivity contribution in [3.05, 3.63) is 47.3 Å². The first-order valence-electron chi connectivity index (χ1n) is 13.4. The van der Waals surface area contributed by atoms with Crippen molar-refractivity contribution < 1.29 is 40.6 Å². The molecule has 226 valence electrons. The minimum Gasteiger partial charge on any atom is -0.447 e. The number of alkyl halides is 6. The highest BCUT2D eigenvalue weighted by atomic mass is 19.4. The highest BCUT2D eigenvalue weighted by Gasteiger charge is 2.41. The molecule has 1 aromatic heterocycles. The normalized spacial score (nSPS) is 20.0. The molecule has 4 rings (SSSR count). The smallest absolute Gasteiger partial charge is 0.416 e. The molecule has 2 atom stereocenters. The fourth-order valence-corrected chi connectivity index (χ4v) is 5.12. The first-order valence-corrected chi connectivity index (χ1v) is 13.4. The molecule has 1 aromatic carbocycles. The number of halogens is 6. The van der Waals surface area contributed by atoms with E-state index >= 15 is 0 Å². The number of hydrogen-bond acceptors (Lipinski definition) is 7. The molecule has 14 heteroatoms. The Hall–Kier alpha value is -3.29. The Balaban J connectivity index is 1.70. The Bertz CT molecular complexity index is 1150. The van der Waals surface area contributed by atoms with E-state index in [1.54, 1.807) is 36.0 Å². The Morgan fingerprint density at radius 3 is 2.15 bits per heavy atom. The molecule has 8 nitrogen and oxygen atoms in total. The van der Waals surface area contributed by atoms with E-state index in [2.05, 4.69) is 9.97 Å². The number of hydrogen-bond donors (Lipinski definition) is 0. The molecule has 0 N–H and O–H groups in total. The number of aromatic nitrogens is 2. The van der Waals surface area contributed by atoms with Crippen LogP contribution < -0.4 is 9.80 Å². The van der Waals surface area contributed by atoms with E-state index in [0.29, 0.717) is 51.3 Å². The predicted molar refractivity (Wildman–Crippen MR) is 138 cm³/mol. The van der Waals surface area contributed by atoms with Crippen molar-refractivity contribution in [2.45, 2.75) is 70.7 Å². The van der Waals surface area contributed by atoms with Crippen LogP contribution in [0.3, 0.4) is 0 Å². The Kier molecular flexibility index (Phi) is 9.19. The number of benzene rings is 1. The number of nitrogens with zero attached hydrogens (tertiary/aromatic N) is 5. The SMILES string of the molecule is CC[C@@H]1C[C@H](N(Cc2cc(C(F)(F)F)cc(C(F)(F)F)c2)c2ncc(N3CCOCC3)cn2)CN1C(=O)OC(C)C. The summed E-state index contributed by atoms with van der Waals surface area (Å²) in [6.07, 6.45) is -6.71. The molecule has 0 unspecified atom stereocenters. The third kappa shape index (κ3) is 7.52. The lowest BCUT2D eigenvalue weighted by Gasteiger charge is -2.31. The van der Waals surface area contributed by atoms with E-state index in [4.69, 9.17) is 9.47 Å². The fraction of sp³-hybridized carbons (Fsp3) is 0.593. The van der Waals surface area contributed by atoms with Crippen LogP contribution in [0.5, 0.6) is 0 Å². The first kappa shape index (κ1) is 30.7. The maximum absolute atomic E-state index is 13.6. The van der Waals surface area contributed by atoms with Gasteiger partial charge in [0.25, 0.3) is 0 Å². The molecule has 2 aliphatic heterocycles. The zero-order valence-electron chi connectivity index (χ0n) is 23.0. The van der Waals surface area contributed by atoms with Crippen molar-refractivity contribution in [3.63, 3.8) is 0 Å². The van der Waals surface area contributed by atoms with E-state index in [-0.39, 0.29) is 42.8 Å². The zero-order chi connectivity index (χ0) is 29.9. The largest absolute Gasteiger partial charge is 0.447 e. The summed E-state index contributed by atoms with van der Waals surface area (Å²) >= 11 is 0. The summed E-state index contributed by atoms with van der Waals surface area (Å²) in [7, 11) is 0. The lowest BCUT2D eigenvalue weighted by Crippen LogP contribution is -2.41. The zero-order valence-corrected chi connectivity index (χ0v) is 23.0. The monoisotopic (exact) mass is 589 g/mol. The van der Waals surface area contributed by atoms with Crippen LogP contribution in [-0.2, 0) is 28.4 Å². The van der Waals surface area contributed by atoms with Gasteiger partial charge < -0.3 is 24.2 Å². The van der Waals surface area contributed by atoms with Crippen LogP contribution >= 0.6 is 0 Å². The average Bonchev–Trinajstić information content (AvgIpc) is 3.35. The van der Waals surface area contributed by atoms with Gasteiger partial charge in [0.1, 0.15) is 0 Å². The highest BCUT2D eigenvalue weighted by molar-refractivity contribution is 5.69. The van der Waals surface area contributed by atoms with Gasteiger partial charge in [0.2, 0.25) is 5.95 Å². The van der Waals surface area contributed by atoms with E-state index in [0.717, 1.165) is 5.69 Å². The quantitative estimate of drug-likeness (QED) is 0.381. The molecular formula is C27H33F6N5O3. The van der Waals surface area contributed by atoms with E-state index in [1.807, 2.05) is 11.8 Å². The molecule has 41 heavy (non-hydrogen) atoms. The molecule has 0 saturated carbocycles. The molecule has 0 bridgehead atoms. The van der Waals surface area contributed by atoms with Gasteiger partial charge in [-0.2, -0.15) is 26.3 Å².